The van der Waals surface area contributed by atoms with Crippen LogP contribution in [-0.4, -0.2) is 33.9 Å². The van der Waals surface area contributed by atoms with Crippen molar-refractivity contribution in [2.45, 2.75) is 25.7 Å². The van der Waals surface area contributed by atoms with Crippen molar-refractivity contribution < 1.29 is 4.74 Å². The number of benzene rings is 2. The van der Waals surface area contributed by atoms with Crippen molar-refractivity contribution in [1.29, 1.82) is 0 Å². The van der Waals surface area contributed by atoms with Crippen molar-refractivity contribution in [2.24, 2.45) is 0 Å². The Bertz CT molecular complexity index is 1230. The van der Waals surface area contributed by atoms with Crippen molar-refractivity contribution in [2.75, 3.05) is 24.8 Å². The van der Waals surface area contributed by atoms with Gasteiger partial charge in [0.05, 0.1) is 12.6 Å². The number of hydrogen-bond donors (Lipinski definition) is 2. The topological polar surface area (TPSA) is 76.9 Å². The molecular formula is C23H24N6O. The first-order valence-electron chi connectivity index (χ1n) is 10.1. The molecule has 1 aliphatic carbocycles. The number of ether oxygens (including phenoxy) is 1. The van der Waals surface area contributed by atoms with E-state index in [1.165, 1.54) is 18.4 Å². The van der Waals surface area contributed by atoms with E-state index in [2.05, 4.69) is 45.0 Å². The molecular weight excluding hydrogens is 376 g/mol. The number of hydrogen-bond acceptors (Lipinski definition) is 6. The molecule has 0 spiro atoms. The second-order valence-corrected chi connectivity index (χ2v) is 7.65. The highest BCUT2D eigenvalue weighted by molar-refractivity contribution is 5.80. The lowest BCUT2D eigenvalue weighted by Gasteiger charge is -2.12. The molecule has 1 aliphatic rings. The van der Waals surface area contributed by atoms with Gasteiger partial charge in [-0.15, -0.1) is 0 Å². The molecule has 1 fully saturated rings. The van der Waals surface area contributed by atoms with Gasteiger partial charge in [0, 0.05) is 36.1 Å². The molecule has 0 radical (unpaired) electrons. The zero-order chi connectivity index (χ0) is 20.7. The predicted molar refractivity (Wildman–Crippen MR) is 119 cm³/mol. The van der Waals surface area contributed by atoms with Gasteiger partial charge in [0.25, 0.3) is 0 Å². The van der Waals surface area contributed by atoms with E-state index in [1.54, 1.807) is 7.11 Å². The largest absolute Gasteiger partial charge is 0.494 e. The minimum absolute atomic E-state index is 0.537. The van der Waals surface area contributed by atoms with Crippen LogP contribution in [0.5, 0.6) is 5.75 Å². The summed E-state index contributed by atoms with van der Waals surface area (Å²) in [6, 6.07) is 14.3. The lowest BCUT2D eigenvalue weighted by Crippen LogP contribution is -2.04. The van der Waals surface area contributed by atoms with E-state index < -0.39 is 0 Å². The minimum Gasteiger partial charge on any atom is -0.494 e. The Labute approximate surface area is 175 Å². The Morgan fingerprint density at radius 1 is 1.07 bits per heavy atom. The summed E-state index contributed by atoms with van der Waals surface area (Å²) in [4.78, 5) is 8.95. The molecule has 152 valence electrons. The molecule has 0 aliphatic heterocycles. The molecule has 0 unspecified atom stereocenters. The monoisotopic (exact) mass is 400 g/mol. The van der Waals surface area contributed by atoms with E-state index in [0.29, 0.717) is 5.95 Å². The number of rotatable bonds is 6. The van der Waals surface area contributed by atoms with Gasteiger partial charge in [0.2, 0.25) is 5.95 Å². The van der Waals surface area contributed by atoms with Crippen LogP contribution in [0, 0.1) is 6.92 Å². The molecule has 2 aromatic carbocycles. The van der Waals surface area contributed by atoms with Crippen molar-refractivity contribution >= 4 is 28.4 Å². The van der Waals surface area contributed by atoms with Crippen LogP contribution in [0.25, 0.3) is 16.6 Å². The van der Waals surface area contributed by atoms with Crippen LogP contribution < -0.4 is 15.4 Å². The Morgan fingerprint density at radius 2 is 1.93 bits per heavy atom. The first-order valence-corrected chi connectivity index (χ1v) is 10.1. The summed E-state index contributed by atoms with van der Waals surface area (Å²) in [5.74, 6) is 2.77. The summed E-state index contributed by atoms with van der Waals surface area (Å²) in [6.45, 7) is 1.94. The van der Waals surface area contributed by atoms with E-state index in [1.807, 2.05) is 42.9 Å². The molecule has 0 bridgehead atoms. The fourth-order valence-corrected chi connectivity index (χ4v) is 3.67. The molecule has 0 saturated heterocycles. The zero-order valence-corrected chi connectivity index (χ0v) is 17.3. The van der Waals surface area contributed by atoms with E-state index in [4.69, 9.17) is 9.84 Å². The fraction of sp³-hybridized carbons (Fsp3) is 0.261. The third-order valence-corrected chi connectivity index (χ3v) is 5.37. The number of anilines is 3. The van der Waals surface area contributed by atoms with Gasteiger partial charge in [-0.25, -0.2) is 9.67 Å². The summed E-state index contributed by atoms with van der Waals surface area (Å²) in [5, 5.41) is 12.3. The van der Waals surface area contributed by atoms with Crippen molar-refractivity contribution in [3.8, 4) is 11.4 Å². The molecule has 0 atom stereocenters. The number of aromatic nitrogens is 4. The highest BCUT2D eigenvalue weighted by atomic mass is 16.5. The highest BCUT2D eigenvalue weighted by Gasteiger charge is 2.23. The van der Waals surface area contributed by atoms with Crippen LogP contribution >= 0.6 is 0 Å². The van der Waals surface area contributed by atoms with Gasteiger partial charge in [-0.3, -0.25) is 0 Å². The lowest BCUT2D eigenvalue weighted by molar-refractivity contribution is 0.412. The Morgan fingerprint density at radius 3 is 2.70 bits per heavy atom. The van der Waals surface area contributed by atoms with Crippen LogP contribution in [0.2, 0.25) is 0 Å². The fourth-order valence-electron chi connectivity index (χ4n) is 3.67. The van der Waals surface area contributed by atoms with Crippen LogP contribution in [0.15, 0.2) is 48.7 Å². The minimum atomic E-state index is 0.537. The smallest absolute Gasteiger partial charge is 0.229 e. The number of nitrogens with one attached hydrogen (secondary N) is 2. The number of fused-ring (bicyclic) bond motifs is 1. The average Bonchev–Trinajstić information content (AvgIpc) is 3.51. The van der Waals surface area contributed by atoms with Crippen LogP contribution in [0.3, 0.4) is 0 Å². The molecule has 0 amide bonds. The predicted octanol–water partition coefficient (Wildman–Crippen LogP) is 4.80. The van der Waals surface area contributed by atoms with Crippen molar-refractivity contribution in [3.05, 3.63) is 59.9 Å². The van der Waals surface area contributed by atoms with Gasteiger partial charge in [-0.2, -0.15) is 10.1 Å². The van der Waals surface area contributed by atoms with Crippen LogP contribution in [0.4, 0.5) is 17.5 Å². The molecule has 2 aromatic heterocycles. The maximum Gasteiger partial charge on any atom is 0.229 e. The lowest BCUT2D eigenvalue weighted by atomic mass is 10.1. The third kappa shape index (κ3) is 3.54. The van der Waals surface area contributed by atoms with Gasteiger partial charge < -0.3 is 15.4 Å². The quantitative estimate of drug-likeness (QED) is 0.484. The summed E-state index contributed by atoms with van der Waals surface area (Å²) < 4.78 is 7.48. The van der Waals surface area contributed by atoms with Gasteiger partial charge in [-0.05, 0) is 61.6 Å². The van der Waals surface area contributed by atoms with Crippen molar-refractivity contribution in [1.82, 2.24) is 19.7 Å². The summed E-state index contributed by atoms with van der Waals surface area (Å²) >= 11 is 0. The van der Waals surface area contributed by atoms with E-state index >= 15 is 0 Å². The maximum absolute atomic E-state index is 5.60. The zero-order valence-electron chi connectivity index (χ0n) is 17.3. The second kappa shape index (κ2) is 7.33. The standard InChI is InChI=1S/C23H24N6O/c1-14-10-22(24-2)27-23(25-14)26-18-7-9-21(30-3)20(12-18)29-13-17-11-16(15-4-5-15)6-8-19(17)28-29/h6-13,15H,4-5H2,1-3H3,(H2,24,25,26,27). The summed E-state index contributed by atoms with van der Waals surface area (Å²) in [7, 11) is 3.51. The highest BCUT2D eigenvalue weighted by Crippen LogP contribution is 2.41. The maximum atomic E-state index is 5.60. The van der Waals surface area contributed by atoms with Gasteiger partial charge >= 0.3 is 0 Å². The Hall–Kier alpha value is -3.61. The second-order valence-electron chi connectivity index (χ2n) is 7.65. The van der Waals surface area contributed by atoms with E-state index in [0.717, 1.165) is 45.5 Å². The van der Waals surface area contributed by atoms with Crippen LogP contribution in [-0.2, 0) is 0 Å². The molecule has 1 saturated carbocycles. The van der Waals surface area contributed by atoms with Crippen LogP contribution in [0.1, 0.15) is 30.0 Å². The van der Waals surface area contributed by atoms with Crippen molar-refractivity contribution in [3.63, 3.8) is 0 Å². The molecule has 30 heavy (non-hydrogen) atoms. The van der Waals surface area contributed by atoms with E-state index in [-0.39, 0.29) is 0 Å². The molecule has 5 rings (SSSR count). The first-order chi connectivity index (χ1) is 14.6. The molecule has 2 heterocycles. The molecule has 7 heteroatoms. The third-order valence-electron chi connectivity index (χ3n) is 5.37. The first kappa shape index (κ1) is 18.4. The van der Waals surface area contributed by atoms with E-state index in [9.17, 15) is 0 Å². The Kier molecular flexibility index (Phi) is 4.50. The van der Waals surface area contributed by atoms with Gasteiger partial charge in [-0.1, -0.05) is 6.07 Å². The average molecular weight is 400 g/mol. The SMILES string of the molecule is CNc1cc(C)nc(Nc2ccc(OC)c(-n3cc4cc(C5CC5)ccc4n3)c2)n1. The summed E-state index contributed by atoms with van der Waals surface area (Å²) in [6.07, 6.45) is 4.64. The Balaban J connectivity index is 1.51. The molecule has 2 N–H and O–H groups in total. The number of methoxy groups -OCH3 is 1. The number of aryl methyl sites for hydroxylation is 1. The summed E-state index contributed by atoms with van der Waals surface area (Å²) in [5.41, 5.74) is 4.97. The molecule has 4 aromatic rings. The van der Waals surface area contributed by atoms with Gasteiger partial charge in [0.1, 0.15) is 17.3 Å². The van der Waals surface area contributed by atoms with Gasteiger partial charge in [0.15, 0.2) is 0 Å². The normalized spacial score (nSPS) is 13.4. The number of nitrogens with zero attached hydrogens (tertiary/aromatic N) is 4. The molecule has 7 nitrogen and oxygen atoms in total.